The number of nitrogens with one attached hydrogen (secondary N) is 1. The van der Waals surface area contributed by atoms with Crippen molar-refractivity contribution in [1.82, 2.24) is 10.3 Å². The lowest BCUT2D eigenvalue weighted by Crippen LogP contribution is -2.58. The zero-order valence-electron chi connectivity index (χ0n) is 16.9. The lowest BCUT2D eigenvalue weighted by Gasteiger charge is -2.43. The molecule has 3 aromatic rings. The van der Waals surface area contributed by atoms with Crippen LogP contribution < -0.4 is 10.1 Å². The fraction of sp³-hybridized carbons (Fsp3) is 0.120. The maximum Gasteiger partial charge on any atom is 0.336 e. The molecule has 3 heterocycles. The second kappa shape index (κ2) is 7.24. The van der Waals surface area contributed by atoms with Gasteiger partial charge in [-0.2, -0.15) is 5.10 Å². The van der Waals surface area contributed by atoms with Gasteiger partial charge >= 0.3 is 5.18 Å². The number of nitrogens with zero attached hydrogens (tertiary/aromatic N) is 2. The van der Waals surface area contributed by atoms with E-state index < -0.39 is 5.18 Å². The summed E-state index contributed by atoms with van der Waals surface area (Å²) in [4.78, 5) is 13.4. The topological polar surface area (TPSA) is 53.9 Å². The number of hydrogen-bond donors (Lipinski definition) is 1. The van der Waals surface area contributed by atoms with Crippen molar-refractivity contribution in [2.45, 2.75) is 17.6 Å². The van der Waals surface area contributed by atoms with Crippen molar-refractivity contribution in [3.63, 3.8) is 0 Å². The number of benzene rings is 3. The number of hydrazone groups is 1. The van der Waals surface area contributed by atoms with E-state index in [0.29, 0.717) is 11.3 Å². The number of halogens is 1. The Labute approximate surface area is 188 Å². The van der Waals surface area contributed by atoms with Gasteiger partial charge in [-0.1, -0.05) is 60.7 Å². The molecule has 2 atom stereocenters. The van der Waals surface area contributed by atoms with Crippen LogP contribution in [0.4, 0.5) is 4.39 Å². The van der Waals surface area contributed by atoms with Crippen LogP contribution in [0.3, 0.4) is 0 Å². The molecule has 0 aromatic heterocycles. The van der Waals surface area contributed by atoms with Crippen LogP contribution in [0.1, 0.15) is 29.2 Å². The van der Waals surface area contributed by atoms with Gasteiger partial charge < -0.3 is 4.74 Å². The highest BCUT2D eigenvalue weighted by atomic mass is 32.2. The Kier molecular flexibility index (Phi) is 4.33. The van der Waals surface area contributed by atoms with E-state index in [1.807, 2.05) is 59.6 Å². The predicted molar refractivity (Wildman–Crippen MR) is 122 cm³/mol. The van der Waals surface area contributed by atoms with Crippen LogP contribution in [0.2, 0.25) is 0 Å². The fourth-order valence-corrected chi connectivity index (χ4v) is 5.43. The van der Waals surface area contributed by atoms with Gasteiger partial charge in [0.1, 0.15) is 11.6 Å². The van der Waals surface area contributed by atoms with Gasteiger partial charge in [-0.15, -0.1) is 0 Å². The Morgan fingerprint density at radius 1 is 1.06 bits per heavy atom. The normalized spacial score (nSPS) is 24.7. The van der Waals surface area contributed by atoms with E-state index in [-0.39, 0.29) is 17.8 Å². The van der Waals surface area contributed by atoms with Gasteiger partial charge in [0.05, 0.1) is 16.7 Å². The molecule has 1 fully saturated rings. The molecule has 3 aliphatic rings. The first-order chi connectivity index (χ1) is 15.6. The molecule has 0 bridgehead atoms. The third-order valence-corrected chi connectivity index (χ3v) is 6.93. The Bertz CT molecular complexity index is 1280. The van der Waals surface area contributed by atoms with Crippen LogP contribution in [0, 0.1) is 5.82 Å². The predicted octanol–water partition coefficient (Wildman–Crippen LogP) is 4.88. The van der Waals surface area contributed by atoms with Crippen molar-refractivity contribution in [3.8, 4) is 5.75 Å². The molecule has 1 spiro atoms. The molecule has 6 rings (SSSR count). The molecule has 1 amide bonds. The number of hydrogen-bond acceptors (Lipinski definition) is 5. The van der Waals surface area contributed by atoms with E-state index in [1.54, 1.807) is 18.2 Å². The minimum Gasteiger partial charge on any atom is -0.439 e. The maximum absolute atomic E-state index is 13.3. The molecule has 5 nitrogen and oxygen atoms in total. The van der Waals surface area contributed by atoms with Crippen molar-refractivity contribution in [1.29, 1.82) is 0 Å². The lowest BCUT2D eigenvalue weighted by atomic mass is 9.97. The second-order valence-corrected chi connectivity index (χ2v) is 9.01. The zero-order valence-corrected chi connectivity index (χ0v) is 17.7. The molecule has 1 N–H and O–H groups in total. The zero-order chi connectivity index (χ0) is 21.7. The SMILES string of the molecule is O=C1N[C@@]2(Oc3ccccc3[C@@H]3CC(c4ccccc4)=NN32)S/C1=C\c1ccc(F)cc1. The smallest absolute Gasteiger partial charge is 0.336 e. The van der Waals surface area contributed by atoms with Gasteiger partial charge in [0.2, 0.25) is 0 Å². The summed E-state index contributed by atoms with van der Waals surface area (Å²) in [5.74, 6) is 0.164. The van der Waals surface area contributed by atoms with Crippen molar-refractivity contribution >= 4 is 29.5 Å². The Morgan fingerprint density at radius 3 is 2.62 bits per heavy atom. The van der Waals surface area contributed by atoms with E-state index in [9.17, 15) is 9.18 Å². The van der Waals surface area contributed by atoms with Gasteiger partial charge in [0.15, 0.2) is 0 Å². The van der Waals surface area contributed by atoms with E-state index in [2.05, 4.69) is 5.32 Å². The highest BCUT2D eigenvalue weighted by Crippen LogP contribution is 2.53. The van der Waals surface area contributed by atoms with Crippen LogP contribution >= 0.6 is 11.8 Å². The van der Waals surface area contributed by atoms with Crippen LogP contribution in [0.25, 0.3) is 6.08 Å². The fourth-order valence-electron chi connectivity index (χ4n) is 4.26. The van der Waals surface area contributed by atoms with Crippen LogP contribution in [-0.4, -0.2) is 21.8 Å². The summed E-state index contributed by atoms with van der Waals surface area (Å²) < 4.78 is 19.7. The van der Waals surface area contributed by atoms with E-state index in [4.69, 9.17) is 9.84 Å². The summed E-state index contributed by atoms with van der Waals surface area (Å²) >= 11 is 1.28. The molecular weight excluding hydrogens is 425 g/mol. The number of amides is 1. The van der Waals surface area contributed by atoms with Crippen molar-refractivity contribution in [2.75, 3.05) is 0 Å². The Hall–Kier alpha value is -3.58. The van der Waals surface area contributed by atoms with Gasteiger partial charge in [0, 0.05) is 12.0 Å². The standard InChI is InChI=1S/C25H18FN3O2S/c26-18-12-10-16(11-13-18)14-23-24(30)27-25(32-23)29-21(19-8-4-5-9-22(19)31-25)15-20(28-29)17-6-2-1-3-7-17/h1-14,21H,15H2,(H,27,30)/b23-14-/t21-,25+/m0/s1. The second-order valence-electron chi connectivity index (χ2n) is 7.82. The Morgan fingerprint density at radius 2 is 1.81 bits per heavy atom. The number of fused-ring (bicyclic) bond motifs is 4. The molecule has 3 aromatic carbocycles. The number of carbonyl (C=O) groups excluding carboxylic acids is 1. The molecule has 1 saturated heterocycles. The third kappa shape index (κ3) is 3.08. The quantitative estimate of drug-likeness (QED) is 0.574. The monoisotopic (exact) mass is 443 g/mol. The highest BCUT2D eigenvalue weighted by molar-refractivity contribution is 8.05. The van der Waals surface area contributed by atoms with Crippen molar-refractivity contribution in [2.24, 2.45) is 5.10 Å². The first kappa shape index (κ1) is 19.1. The largest absolute Gasteiger partial charge is 0.439 e. The molecule has 7 heteroatoms. The number of rotatable bonds is 2. The number of ether oxygens (including phenoxy) is 1. The summed E-state index contributed by atoms with van der Waals surface area (Å²) in [5, 5.41) is 8.61. The minimum absolute atomic E-state index is 0.0619. The lowest BCUT2D eigenvalue weighted by molar-refractivity contribution is -0.127. The van der Waals surface area contributed by atoms with Crippen molar-refractivity contribution in [3.05, 3.63) is 106 Å². The average Bonchev–Trinajstić information content (AvgIpc) is 3.39. The van der Waals surface area contributed by atoms with Gasteiger partial charge in [-0.05, 0) is 47.2 Å². The van der Waals surface area contributed by atoms with E-state index in [1.165, 1.54) is 23.9 Å². The highest BCUT2D eigenvalue weighted by Gasteiger charge is 2.57. The number of carbonyl (C=O) groups is 1. The summed E-state index contributed by atoms with van der Waals surface area (Å²) in [6.07, 6.45) is 2.45. The number of thioether (sulfide) groups is 1. The maximum atomic E-state index is 13.3. The molecule has 0 aliphatic carbocycles. The van der Waals surface area contributed by atoms with Gasteiger partial charge in [0.25, 0.3) is 5.91 Å². The number of para-hydroxylation sites is 1. The van der Waals surface area contributed by atoms with E-state index >= 15 is 0 Å². The molecular formula is C25H18FN3O2S. The van der Waals surface area contributed by atoms with Gasteiger partial charge in [-0.25, -0.2) is 9.40 Å². The van der Waals surface area contributed by atoms with Gasteiger partial charge in [-0.3, -0.25) is 10.1 Å². The summed E-state index contributed by atoms with van der Waals surface area (Å²) in [6, 6.07) is 23.9. The van der Waals surface area contributed by atoms with Crippen LogP contribution in [-0.2, 0) is 4.79 Å². The Balaban J connectivity index is 1.42. The molecule has 0 saturated carbocycles. The molecule has 32 heavy (non-hydrogen) atoms. The molecule has 0 unspecified atom stereocenters. The van der Waals surface area contributed by atoms with Crippen molar-refractivity contribution < 1.29 is 13.9 Å². The van der Waals surface area contributed by atoms with Crippen LogP contribution in [0.5, 0.6) is 5.75 Å². The molecule has 0 radical (unpaired) electrons. The summed E-state index contributed by atoms with van der Waals surface area (Å²) in [6.45, 7) is 0. The molecule has 158 valence electrons. The minimum atomic E-state index is -1.18. The first-order valence-electron chi connectivity index (χ1n) is 10.3. The first-order valence-corrected chi connectivity index (χ1v) is 11.1. The average molecular weight is 444 g/mol. The molecule has 3 aliphatic heterocycles. The van der Waals surface area contributed by atoms with Crippen LogP contribution in [0.15, 0.2) is 88.9 Å². The summed E-state index contributed by atoms with van der Waals surface area (Å²) in [7, 11) is 0. The third-order valence-electron chi connectivity index (χ3n) is 5.76. The van der Waals surface area contributed by atoms with E-state index in [0.717, 1.165) is 28.2 Å². The summed E-state index contributed by atoms with van der Waals surface area (Å²) in [5.41, 5.74) is 3.77.